The van der Waals surface area contributed by atoms with E-state index in [0.717, 1.165) is 6.42 Å². The van der Waals surface area contributed by atoms with Crippen LogP contribution < -0.4 is 0 Å². The number of rotatable bonds is 3. The third-order valence-corrected chi connectivity index (χ3v) is 1.36. The van der Waals surface area contributed by atoms with Crippen LogP contribution in [0.2, 0.25) is 0 Å². The van der Waals surface area contributed by atoms with Gasteiger partial charge in [0.2, 0.25) is 0 Å². The Morgan fingerprint density at radius 1 is 1.78 bits per heavy atom. The zero-order valence-electron chi connectivity index (χ0n) is 5.52. The molecule has 1 atom stereocenters. The van der Waals surface area contributed by atoms with Gasteiger partial charge in [-0.25, -0.2) is 0 Å². The van der Waals surface area contributed by atoms with Crippen LogP contribution in [-0.2, 0) is 6.42 Å². The number of aromatic nitrogens is 2. The van der Waals surface area contributed by atoms with Gasteiger partial charge in [-0.2, -0.15) is 0 Å². The first-order valence-electron chi connectivity index (χ1n) is 3.14. The minimum absolute atomic E-state index is 0.263. The Morgan fingerprint density at radius 3 is 2.78 bits per heavy atom. The topological polar surface area (TPSA) is 51.8 Å². The lowest BCUT2D eigenvalue weighted by atomic mass is 10.1. The molecule has 0 aliphatic rings. The molecule has 1 unspecified atom stereocenters. The van der Waals surface area contributed by atoms with Crippen LogP contribution >= 0.6 is 0 Å². The van der Waals surface area contributed by atoms with Gasteiger partial charge in [0, 0.05) is 18.5 Å². The van der Waals surface area contributed by atoms with E-state index >= 15 is 0 Å². The lowest BCUT2D eigenvalue weighted by Crippen LogP contribution is -2.08. The fraction of sp³-hybridized carbons (Fsp3) is 0.667. The van der Waals surface area contributed by atoms with Gasteiger partial charge in [-0.1, -0.05) is 6.92 Å². The second kappa shape index (κ2) is 2.73. The van der Waals surface area contributed by atoms with Crippen LogP contribution in [0, 0.1) is 5.92 Å². The Balaban J connectivity index is 2.23. The molecule has 0 saturated carbocycles. The highest BCUT2D eigenvalue weighted by Crippen LogP contribution is 2.03. The summed E-state index contributed by atoms with van der Waals surface area (Å²) in [6.07, 6.45) is 2.84. The Morgan fingerprint density at radius 2 is 2.44 bits per heavy atom. The van der Waals surface area contributed by atoms with Gasteiger partial charge >= 0.3 is 0 Å². The molecule has 0 fully saturated rings. The average Bonchev–Trinajstić information content (AvgIpc) is 1.78. The SMILES string of the molecule is CC(CO)Cc1c[nH][nH]1. The molecule has 0 amide bonds. The van der Waals surface area contributed by atoms with E-state index in [2.05, 4.69) is 10.2 Å². The van der Waals surface area contributed by atoms with E-state index in [0.29, 0.717) is 5.92 Å². The first kappa shape index (κ1) is 6.42. The quantitative estimate of drug-likeness (QED) is 0.546. The molecule has 0 radical (unpaired) electrons. The molecule has 0 spiro atoms. The zero-order chi connectivity index (χ0) is 6.69. The Bertz CT molecular complexity index is 148. The first-order valence-corrected chi connectivity index (χ1v) is 3.14. The van der Waals surface area contributed by atoms with E-state index in [1.54, 1.807) is 0 Å². The first-order chi connectivity index (χ1) is 4.33. The summed E-state index contributed by atoms with van der Waals surface area (Å²) in [6, 6.07) is 0. The summed E-state index contributed by atoms with van der Waals surface area (Å²) >= 11 is 0. The Hall–Kier alpha value is -0.700. The number of aliphatic hydroxyl groups is 1. The van der Waals surface area contributed by atoms with Gasteiger partial charge < -0.3 is 15.3 Å². The molecule has 1 aromatic rings. The Kier molecular flexibility index (Phi) is 1.95. The molecule has 0 aromatic carbocycles. The number of nitrogens with one attached hydrogen (secondary N) is 2. The smallest absolute Gasteiger partial charge is 0.0492 e. The molecular formula is C6H12N2O. The van der Waals surface area contributed by atoms with Crippen molar-refractivity contribution in [3.05, 3.63) is 11.9 Å². The third-order valence-electron chi connectivity index (χ3n) is 1.36. The van der Waals surface area contributed by atoms with Crippen molar-refractivity contribution >= 4 is 0 Å². The minimum atomic E-state index is 0.263. The van der Waals surface area contributed by atoms with Gasteiger partial charge in [-0.3, -0.25) is 0 Å². The third kappa shape index (κ3) is 1.61. The number of aliphatic hydroxyl groups excluding tert-OH is 1. The maximum atomic E-state index is 8.63. The van der Waals surface area contributed by atoms with Crippen molar-refractivity contribution < 1.29 is 5.11 Å². The van der Waals surface area contributed by atoms with E-state index < -0.39 is 0 Å². The van der Waals surface area contributed by atoms with E-state index in [-0.39, 0.29) is 6.61 Å². The molecule has 3 heteroatoms. The molecule has 1 rings (SSSR count). The van der Waals surface area contributed by atoms with Gasteiger partial charge in [-0.15, -0.1) is 0 Å². The molecule has 1 aromatic heterocycles. The Labute approximate surface area is 54.1 Å². The maximum absolute atomic E-state index is 8.63. The lowest BCUT2D eigenvalue weighted by Gasteiger charge is -2.08. The van der Waals surface area contributed by atoms with Gasteiger partial charge in [-0.05, 0) is 12.3 Å². The largest absolute Gasteiger partial charge is 0.396 e. The predicted molar refractivity (Wildman–Crippen MR) is 35.1 cm³/mol. The minimum Gasteiger partial charge on any atom is -0.396 e. The van der Waals surface area contributed by atoms with Crippen LogP contribution in [0.5, 0.6) is 0 Å². The number of hydrogen-bond acceptors (Lipinski definition) is 1. The predicted octanol–water partition coefficient (Wildman–Crippen LogP) is 0.514. The molecule has 0 saturated heterocycles. The van der Waals surface area contributed by atoms with Crippen molar-refractivity contribution in [3.63, 3.8) is 0 Å². The normalized spacial score (nSPS) is 14.0. The van der Waals surface area contributed by atoms with Crippen molar-refractivity contribution in [2.75, 3.05) is 6.61 Å². The van der Waals surface area contributed by atoms with E-state index in [4.69, 9.17) is 5.11 Å². The highest BCUT2D eigenvalue weighted by Gasteiger charge is 2.02. The summed E-state index contributed by atoms with van der Waals surface area (Å²) in [5.74, 6) is 0.367. The van der Waals surface area contributed by atoms with Gasteiger partial charge in [0.1, 0.15) is 0 Å². The highest BCUT2D eigenvalue weighted by atomic mass is 16.3. The molecule has 1 heterocycles. The van der Waals surface area contributed by atoms with Crippen LogP contribution in [0.3, 0.4) is 0 Å². The van der Waals surface area contributed by atoms with Crippen LogP contribution in [0.25, 0.3) is 0 Å². The summed E-state index contributed by atoms with van der Waals surface area (Å²) in [4.78, 5) is 0. The summed E-state index contributed by atoms with van der Waals surface area (Å²) in [5, 5.41) is 14.3. The standard InChI is InChI=1S/C6H12N2O/c1-5(4-9)2-6-3-7-8-6/h3,5,7-9H,2,4H2,1H3. The van der Waals surface area contributed by atoms with Crippen molar-refractivity contribution in [2.24, 2.45) is 5.92 Å². The maximum Gasteiger partial charge on any atom is 0.0492 e. The van der Waals surface area contributed by atoms with E-state index in [1.165, 1.54) is 5.69 Å². The molecule has 0 aliphatic heterocycles. The summed E-state index contributed by atoms with van der Waals surface area (Å²) in [6.45, 7) is 2.28. The van der Waals surface area contributed by atoms with Crippen LogP contribution in [0.15, 0.2) is 6.20 Å². The average molecular weight is 128 g/mol. The second-order valence-corrected chi connectivity index (χ2v) is 2.43. The van der Waals surface area contributed by atoms with Crippen LogP contribution in [-0.4, -0.2) is 21.9 Å². The molecule has 3 N–H and O–H groups in total. The fourth-order valence-corrected chi connectivity index (χ4v) is 0.724. The van der Waals surface area contributed by atoms with Crippen molar-refractivity contribution in [1.82, 2.24) is 10.2 Å². The summed E-state index contributed by atoms with van der Waals surface area (Å²) < 4.78 is 0. The lowest BCUT2D eigenvalue weighted by molar-refractivity contribution is 0.235. The van der Waals surface area contributed by atoms with Crippen molar-refractivity contribution in [1.29, 1.82) is 0 Å². The number of hydrogen-bond donors (Lipinski definition) is 3. The van der Waals surface area contributed by atoms with Gasteiger partial charge in [0.25, 0.3) is 0 Å². The highest BCUT2D eigenvalue weighted by molar-refractivity contribution is 4.94. The summed E-state index contributed by atoms with van der Waals surface area (Å²) in [5.41, 5.74) is 1.18. The summed E-state index contributed by atoms with van der Waals surface area (Å²) in [7, 11) is 0. The molecule has 3 nitrogen and oxygen atoms in total. The molecule has 0 aliphatic carbocycles. The number of H-pyrrole nitrogens is 2. The molecule has 0 bridgehead atoms. The van der Waals surface area contributed by atoms with E-state index in [1.807, 2.05) is 13.1 Å². The van der Waals surface area contributed by atoms with Crippen molar-refractivity contribution in [3.8, 4) is 0 Å². The van der Waals surface area contributed by atoms with Crippen LogP contribution in [0.1, 0.15) is 12.6 Å². The van der Waals surface area contributed by atoms with Gasteiger partial charge in [0.15, 0.2) is 0 Å². The second-order valence-electron chi connectivity index (χ2n) is 2.43. The zero-order valence-corrected chi connectivity index (χ0v) is 5.52. The fourth-order valence-electron chi connectivity index (χ4n) is 0.724. The molecule has 9 heavy (non-hydrogen) atoms. The van der Waals surface area contributed by atoms with Crippen LogP contribution in [0.4, 0.5) is 0 Å². The molecular weight excluding hydrogens is 116 g/mol. The number of aromatic amines is 2. The monoisotopic (exact) mass is 128 g/mol. The molecule has 52 valence electrons. The van der Waals surface area contributed by atoms with Crippen molar-refractivity contribution in [2.45, 2.75) is 13.3 Å². The van der Waals surface area contributed by atoms with E-state index in [9.17, 15) is 0 Å². The van der Waals surface area contributed by atoms with Gasteiger partial charge in [0.05, 0.1) is 0 Å².